The van der Waals surface area contributed by atoms with E-state index in [9.17, 15) is 10.1 Å². The van der Waals surface area contributed by atoms with Crippen molar-refractivity contribution >= 4 is 11.4 Å². The molecular formula is C16H27N3O2. The summed E-state index contributed by atoms with van der Waals surface area (Å²) in [5.41, 5.74) is 2.12. The van der Waals surface area contributed by atoms with Crippen LogP contribution in [0.1, 0.15) is 40.2 Å². The Bertz CT molecular complexity index is 473. The number of hydrogen-bond acceptors (Lipinski definition) is 4. The highest BCUT2D eigenvalue weighted by atomic mass is 16.6. The lowest BCUT2D eigenvalue weighted by atomic mass is 10.1. The molecule has 0 heterocycles. The molecule has 0 bridgehead atoms. The second-order valence-electron chi connectivity index (χ2n) is 6.05. The van der Waals surface area contributed by atoms with E-state index in [2.05, 4.69) is 37.9 Å². The number of nitro groups is 1. The maximum Gasteiger partial charge on any atom is 0.269 e. The molecule has 0 aromatic heterocycles. The van der Waals surface area contributed by atoms with Crippen molar-refractivity contribution in [3.63, 3.8) is 0 Å². The SMILES string of the molecule is CCNc1ccc([N+](=O)[O-])cc1CN(CC(C)C)C(C)C. The molecule has 1 N–H and O–H groups in total. The van der Waals surface area contributed by atoms with Crippen molar-refractivity contribution in [2.45, 2.75) is 47.2 Å². The summed E-state index contributed by atoms with van der Waals surface area (Å²) in [6.07, 6.45) is 0. The van der Waals surface area contributed by atoms with Gasteiger partial charge in [0, 0.05) is 43.5 Å². The van der Waals surface area contributed by atoms with E-state index in [0.717, 1.165) is 30.9 Å². The molecule has 0 aliphatic carbocycles. The van der Waals surface area contributed by atoms with E-state index in [-0.39, 0.29) is 10.6 Å². The Morgan fingerprint density at radius 1 is 1.29 bits per heavy atom. The smallest absolute Gasteiger partial charge is 0.269 e. The van der Waals surface area contributed by atoms with Crippen LogP contribution in [-0.2, 0) is 6.54 Å². The molecule has 0 atom stereocenters. The van der Waals surface area contributed by atoms with Gasteiger partial charge in [-0.05, 0) is 38.3 Å². The van der Waals surface area contributed by atoms with Crippen LogP contribution in [0, 0.1) is 16.0 Å². The van der Waals surface area contributed by atoms with Crippen molar-refractivity contribution in [1.82, 2.24) is 4.90 Å². The third-order valence-electron chi connectivity index (χ3n) is 3.37. The minimum atomic E-state index is -0.332. The van der Waals surface area contributed by atoms with Gasteiger partial charge in [0.15, 0.2) is 0 Å². The van der Waals surface area contributed by atoms with Gasteiger partial charge in [-0.3, -0.25) is 15.0 Å². The fourth-order valence-electron chi connectivity index (χ4n) is 2.33. The second kappa shape index (κ2) is 7.98. The second-order valence-corrected chi connectivity index (χ2v) is 6.05. The fraction of sp³-hybridized carbons (Fsp3) is 0.625. The van der Waals surface area contributed by atoms with Gasteiger partial charge >= 0.3 is 0 Å². The van der Waals surface area contributed by atoms with E-state index < -0.39 is 0 Å². The van der Waals surface area contributed by atoms with E-state index in [1.54, 1.807) is 12.1 Å². The van der Waals surface area contributed by atoms with E-state index in [4.69, 9.17) is 0 Å². The first kappa shape index (κ1) is 17.4. The quantitative estimate of drug-likeness (QED) is 0.583. The van der Waals surface area contributed by atoms with Crippen LogP contribution in [0.15, 0.2) is 18.2 Å². The van der Waals surface area contributed by atoms with Gasteiger partial charge in [0.2, 0.25) is 0 Å². The summed E-state index contributed by atoms with van der Waals surface area (Å²) in [5.74, 6) is 0.564. The number of nitrogens with one attached hydrogen (secondary N) is 1. The van der Waals surface area contributed by atoms with Crippen molar-refractivity contribution in [2.24, 2.45) is 5.92 Å². The molecule has 5 nitrogen and oxygen atoms in total. The molecule has 1 aromatic carbocycles. The minimum absolute atomic E-state index is 0.153. The molecule has 0 aliphatic rings. The molecular weight excluding hydrogens is 266 g/mol. The molecule has 1 aromatic rings. The zero-order chi connectivity index (χ0) is 16.0. The summed E-state index contributed by atoms with van der Waals surface area (Å²) < 4.78 is 0. The van der Waals surface area contributed by atoms with Gasteiger partial charge < -0.3 is 5.32 Å². The lowest BCUT2D eigenvalue weighted by Gasteiger charge is -2.29. The Labute approximate surface area is 127 Å². The van der Waals surface area contributed by atoms with Crippen LogP contribution in [0.4, 0.5) is 11.4 Å². The Hall–Kier alpha value is -1.62. The van der Waals surface area contributed by atoms with Crippen molar-refractivity contribution in [3.8, 4) is 0 Å². The Morgan fingerprint density at radius 3 is 2.43 bits per heavy atom. The van der Waals surface area contributed by atoms with Gasteiger partial charge in [-0.25, -0.2) is 0 Å². The minimum Gasteiger partial charge on any atom is -0.385 e. The summed E-state index contributed by atoms with van der Waals surface area (Å²) >= 11 is 0. The molecule has 0 unspecified atom stereocenters. The molecule has 0 amide bonds. The van der Waals surface area contributed by atoms with E-state index in [1.165, 1.54) is 0 Å². The molecule has 1 rings (SSSR count). The van der Waals surface area contributed by atoms with Crippen LogP contribution in [0.3, 0.4) is 0 Å². The molecule has 0 saturated heterocycles. The number of anilines is 1. The summed E-state index contributed by atoms with van der Waals surface area (Å²) in [7, 11) is 0. The van der Waals surface area contributed by atoms with Crippen molar-refractivity contribution < 1.29 is 4.92 Å². The number of non-ortho nitro benzene ring substituents is 1. The molecule has 0 saturated carbocycles. The average molecular weight is 293 g/mol. The molecule has 0 fully saturated rings. The lowest BCUT2D eigenvalue weighted by Crippen LogP contribution is -2.33. The summed E-state index contributed by atoms with van der Waals surface area (Å²) in [4.78, 5) is 13.0. The van der Waals surface area contributed by atoms with Crippen LogP contribution in [-0.4, -0.2) is 29.0 Å². The first-order valence-corrected chi connectivity index (χ1v) is 7.60. The van der Waals surface area contributed by atoms with Gasteiger partial charge in [0.05, 0.1) is 4.92 Å². The average Bonchev–Trinajstić information content (AvgIpc) is 2.39. The van der Waals surface area contributed by atoms with E-state index in [1.807, 2.05) is 13.0 Å². The summed E-state index contributed by atoms with van der Waals surface area (Å²) in [6.45, 7) is 13.2. The first-order valence-electron chi connectivity index (χ1n) is 7.60. The highest BCUT2D eigenvalue weighted by molar-refractivity contribution is 5.56. The van der Waals surface area contributed by atoms with Crippen LogP contribution >= 0.6 is 0 Å². The molecule has 0 radical (unpaired) electrons. The molecule has 21 heavy (non-hydrogen) atoms. The van der Waals surface area contributed by atoms with Crippen LogP contribution in [0.5, 0.6) is 0 Å². The standard InChI is InChI=1S/C16H27N3O2/c1-6-17-16-8-7-15(19(20)21)9-14(16)11-18(13(4)5)10-12(2)3/h7-9,12-13,17H,6,10-11H2,1-5H3. The molecule has 5 heteroatoms. The van der Waals surface area contributed by atoms with Gasteiger partial charge in [-0.2, -0.15) is 0 Å². The van der Waals surface area contributed by atoms with Gasteiger partial charge in [-0.15, -0.1) is 0 Å². The third kappa shape index (κ3) is 5.34. The van der Waals surface area contributed by atoms with Gasteiger partial charge in [0.25, 0.3) is 5.69 Å². The topological polar surface area (TPSA) is 58.4 Å². The van der Waals surface area contributed by atoms with Crippen LogP contribution in [0.25, 0.3) is 0 Å². The molecule has 118 valence electrons. The highest BCUT2D eigenvalue weighted by Gasteiger charge is 2.16. The van der Waals surface area contributed by atoms with Crippen LogP contribution < -0.4 is 5.32 Å². The summed E-state index contributed by atoms with van der Waals surface area (Å²) in [6, 6.07) is 5.46. The van der Waals surface area contributed by atoms with Gasteiger partial charge in [0.1, 0.15) is 0 Å². The maximum absolute atomic E-state index is 11.0. The first-order chi connectivity index (χ1) is 9.85. The fourth-order valence-corrected chi connectivity index (χ4v) is 2.33. The van der Waals surface area contributed by atoms with Crippen molar-refractivity contribution in [1.29, 1.82) is 0 Å². The Kier molecular flexibility index (Phi) is 6.62. The lowest BCUT2D eigenvalue weighted by molar-refractivity contribution is -0.384. The van der Waals surface area contributed by atoms with Crippen LogP contribution in [0.2, 0.25) is 0 Å². The number of nitro benzene ring substituents is 1. The van der Waals surface area contributed by atoms with Crippen molar-refractivity contribution in [3.05, 3.63) is 33.9 Å². The Balaban J connectivity index is 3.05. The summed E-state index contributed by atoms with van der Waals surface area (Å²) in [5, 5.41) is 14.3. The highest BCUT2D eigenvalue weighted by Crippen LogP contribution is 2.24. The normalized spacial score (nSPS) is 11.4. The largest absolute Gasteiger partial charge is 0.385 e. The number of hydrogen-bond donors (Lipinski definition) is 1. The van der Waals surface area contributed by atoms with Crippen molar-refractivity contribution in [2.75, 3.05) is 18.4 Å². The zero-order valence-corrected chi connectivity index (χ0v) is 13.7. The van der Waals surface area contributed by atoms with Gasteiger partial charge in [-0.1, -0.05) is 13.8 Å². The zero-order valence-electron chi connectivity index (χ0n) is 13.7. The van der Waals surface area contributed by atoms with E-state index in [0.29, 0.717) is 12.0 Å². The maximum atomic E-state index is 11.0. The predicted octanol–water partition coefficient (Wildman–Crippen LogP) is 3.89. The number of nitrogens with zero attached hydrogens (tertiary/aromatic N) is 2. The molecule has 0 aliphatic heterocycles. The number of benzene rings is 1. The monoisotopic (exact) mass is 293 g/mol. The van der Waals surface area contributed by atoms with E-state index >= 15 is 0 Å². The Morgan fingerprint density at radius 2 is 1.95 bits per heavy atom. The number of rotatable bonds is 8. The predicted molar refractivity (Wildman–Crippen MR) is 87.6 cm³/mol. The third-order valence-corrected chi connectivity index (χ3v) is 3.37. The molecule has 0 spiro atoms.